The van der Waals surface area contributed by atoms with E-state index in [1.807, 2.05) is 0 Å². The molecule has 148 valence electrons. The van der Waals surface area contributed by atoms with Crippen LogP contribution in [-0.2, 0) is 23.6 Å². The van der Waals surface area contributed by atoms with Gasteiger partial charge in [-0.15, -0.1) is 0 Å². The maximum Gasteiger partial charge on any atom is 0.337 e. The zero-order valence-corrected chi connectivity index (χ0v) is 17.1. The van der Waals surface area contributed by atoms with Crippen molar-refractivity contribution in [3.05, 3.63) is 72.5 Å². The molecule has 1 aromatic carbocycles. The molecule has 8 heteroatoms. The number of anilines is 1. The van der Waals surface area contributed by atoms with Crippen LogP contribution in [0.25, 0.3) is 0 Å². The van der Waals surface area contributed by atoms with Crippen molar-refractivity contribution in [2.75, 3.05) is 5.32 Å². The van der Waals surface area contributed by atoms with E-state index in [4.69, 9.17) is 16.3 Å². The Morgan fingerprint density at radius 3 is 2.32 bits per heavy atom. The standard InChI is InChI=1S/C20H22ClN3O4/c1-10(2)28-19(26)14-11(3)22-17-16(18(25)24(5)20(27)23(17)4)15(14)12-6-8-13(21)9-7-12/h6-10,15,22H,1-5H3. The number of esters is 1. The average molecular weight is 404 g/mol. The zero-order valence-electron chi connectivity index (χ0n) is 16.4. The predicted octanol–water partition coefficient (Wildman–Crippen LogP) is 2.52. The van der Waals surface area contributed by atoms with Crippen molar-refractivity contribution < 1.29 is 9.53 Å². The first-order chi connectivity index (χ1) is 13.1. The van der Waals surface area contributed by atoms with Gasteiger partial charge in [-0.2, -0.15) is 0 Å². The molecule has 2 heterocycles. The van der Waals surface area contributed by atoms with E-state index in [0.717, 1.165) is 4.57 Å². The number of nitrogens with zero attached hydrogens (tertiary/aromatic N) is 2. The number of halogens is 1. The first kappa shape index (κ1) is 19.9. The second-order valence-electron chi connectivity index (χ2n) is 7.07. The first-order valence-electron chi connectivity index (χ1n) is 8.87. The second-order valence-corrected chi connectivity index (χ2v) is 7.51. The fourth-order valence-electron chi connectivity index (χ4n) is 3.42. The number of rotatable bonds is 3. The number of fused-ring (bicyclic) bond motifs is 1. The monoisotopic (exact) mass is 403 g/mol. The first-order valence-corrected chi connectivity index (χ1v) is 9.25. The van der Waals surface area contributed by atoms with Gasteiger partial charge in [0.1, 0.15) is 5.82 Å². The van der Waals surface area contributed by atoms with E-state index < -0.39 is 23.1 Å². The summed E-state index contributed by atoms with van der Waals surface area (Å²) in [4.78, 5) is 38.3. The third kappa shape index (κ3) is 3.26. The number of carbonyl (C=O) groups excluding carboxylic acids is 1. The molecule has 1 aliphatic rings. The highest BCUT2D eigenvalue weighted by Gasteiger charge is 2.37. The molecule has 7 nitrogen and oxygen atoms in total. The van der Waals surface area contributed by atoms with Crippen LogP contribution >= 0.6 is 11.6 Å². The molecule has 0 saturated heterocycles. The lowest BCUT2D eigenvalue weighted by Crippen LogP contribution is -2.43. The van der Waals surface area contributed by atoms with Crippen molar-refractivity contribution in [2.45, 2.75) is 32.8 Å². The van der Waals surface area contributed by atoms with Crippen LogP contribution in [0.1, 0.15) is 37.8 Å². The van der Waals surface area contributed by atoms with Crippen molar-refractivity contribution in [1.29, 1.82) is 0 Å². The number of nitrogens with one attached hydrogen (secondary N) is 1. The molecular weight excluding hydrogens is 382 g/mol. The maximum absolute atomic E-state index is 13.0. The summed E-state index contributed by atoms with van der Waals surface area (Å²) in [5.41, 5.74) is 0.965. The average Bonchev–Trinajstić information content (AvgIpc) is 2.63. The summed E-state index contributed by atoms with van der Waals surface area (Å²) in [6.07, 6.45) is -0.317. The molecule has 0 spiro atoms. The molecule has 28 heavy (non-hydrogen) atoms. The maximum atomic E-state index is 13.0. The van der Waals surface area contributed by atoms with Crippen molar-refractivity contribution in [3.63, 3.8) is 0 Å². The van der Waals surface area contributed by atoms with Gasteiger partial charge in [-0.3, -0.25) is 13.9 Å². The summed E-state index contributed by atoms with van der Waals surface area (Å²) < 4.78 is 7.84. The number of benzene rings is 1. The van der Waals surface area contributed by atoms with Crippen molar-refractivity contribution in [1.82, 2.24) is 9.13 Å². The van der Waals surface area contributed by atoms with Crippen LogP contribution in [-0.4, -0.2) is 21.2 Å². The summed E-state index contributed by atoms with van der Waals surface area (Å²) in [5, 5.41) is 3.59. The lowest BCUT2D eigenvalue weighted by Gasteiger charge is -2.31. The topological polar surface area (TPSA) is 82.3 Å². The molecule has 1 atom stereocenters. The molecule has 1 N–H and O–H groups in total. The van der Waals surface area contributed by atoms with E-state index >= 15 is 0 Å². The van der Waals surface area contributed by atoms with E-state index in [0.29, 0.717) is 33.2 Å². The summed E-state index contributed by atoms with van der Waals surface area (Å²) in [5.74, 6) is -0.835. The summed E-state index contributed by atoms with van der Waals surface area (Å²) >= 11 is 6.02. The Morgan fingerprint density at radius 1 is 1.14 bits per heavy atom. The molecule has 0 fully saturated rings. The van der Waals surface area contributed by atoms with Crippen LogP contribution in [0.15, 0.2) is 45.1 Å². The fraction of sp³-hybridized carbons (Fsp3) is 0.350. The van der Waals surface area contributed by atoms with Crippen LogP contribution < -0.4 is 16.6 Å². The molecule has 1 unspecified atom stereocenters. The van der Waals surface area contributed by atoms with Crippen molar-refractivity contribution in [2.24, 2.45) is 14.1 Å². The van der Waals surface area contributed by atoms with Gasteiger partial charge in [-0.25, -0.2) is 9.59 Å². The highest BCUT2D eigenvalue weighted by molar-refractivity contribution is 6.30. The van der Waals surface area contributed by atoms with E-state index in [2.05, 4.69) is 5.32 Å². The van der Waals surface area contributed by atoms with E-state index in [-0.39, 0.29) is 6.10 Å². The quantitative estimate of drug-likeness (QED) is 0.796. The van der Waals surface area contributed by atoms with Crippen LogP contribution in [0.2, 0.25) is 5.02 Å². The number of hydrogen-bond donors (Lipinski definition) is 1. The molecule has 0 saturated carbocycles. The third-order valence-electron chi connectivity index (χ3n) is 4.75. The summed E-state index contributed by atoms with van der Waals surface area (Å²) in [6.45, 7) is 5.25. The highest BCUT2D eigenvalue weighted by atomic mass is 35.5. The third-order valence-corrected chi connectivity index (χ3v) is 5.00. The Morgan fingerprint density at radius 2 is 1.75 bits per heavy atom. The highest BCUT2D eigenvalue weighted by Crippen LogP contribution is 2.40. The second kappa shape index (κ2) is 7.31. The molecular formula is C20H22ClN3O4. The van der Waals surface area contributed by atoms with E-state index in [9.17, 15) is 14.4 Å². The Labute approximate surface area is 167 Å². The lowest BCUT2D eigenvalue weighted by atomic mass is 9.82. The van der Waals surface area contributed by atoms with Crippen LogP contribution in [0.5, 0.6) is 0 Å². The molecule has 3 rings (SSSR count). The largest absolute Gasteiger partial charge is 0.460 e. The Hall–Kier alpha value is -2.80. The molecule has 0 bridgehead atoms. The molecule has 2 aromatic rings. The molecule has 0 aliphatic carbocycles. The molecule has 0 radical (unpaired) electrons. The Kier molecular flexibility index (Phi) is 5.21. The van der Waals surface area contributed by atoms with Gasteiger partial charge in [-0.1, -0.05) is 23.7 Å². The Balaban J connectivity index is 2.35. The predicted molar refractivity (Wildman–Crippen MR) is 108 cm³/mol. The lowest BCUT2D eigenvalue weighted by molar-refractivity contribution is -0.143. The van der Waals surface area contributed by atoms with Crippen LogP contribution in [0.3, 0.4) is 0 Å². The van der Waals surface area contributed by atoms with Gasteiger partial charge in [-0.05, 0) is 38.5 Å². The van der Waals surface area contributed by atoms with Gasteiger partial charge in [0, 0.05) is 24.8 Å². The summed E-state index contributed by atoms with van der Waals surface area (Å²) in [6, 6.07) is 6.93. The number of hydrogen-bond acceptors (Lipinski definition) is 5. The molecule has 0 amide bonds. The van der Waals surface area contributed by atoms with Gasteiger partial charge >= 0.3 is 11.7 Å². The van der Waals surface area contributed by atoms with Gasteiger partial charge < -0.3 is 10.1 Å². The van der Waals surface area contributed by atoms with E-state index in [1.165, 1.54) is 11.6 Å². The zero-order chi connectivity index (χ0) is 20.7. The van der Waals surface area contributed by atoms with Crippen LogP contribution in [0.4, 0.5) is 5.82 Å². The minimum atomic E-state index is -0.690. The van der Waals surface area contributed by atoms with Crippen molar-refractivity contribution in [3.8, 4) is 0 Å². The minimum Gasteiger partial charge on any atom is -0.460 e. The van der Waals surface area contributed by atoms with Gasteiger partial charge in [0.15, 0.2) is 0 Å². The number of allylic oxidation sites excluding steroid dienone is 1. The SMILES string of the molecule is CC1=C(C(=O)OC(C)C)C(c2ccc(Cl)cc2)c2c(n(C)c(=O)n(C)c2=O)N1. The number of carbonyl (C=O) groups is 1. The van der Waals surface area contributed by atoms with Gasteiger partial charge in [0.25, 0.3) is 5.56 Å². The van der Waals surface area contributed by atoms with Gasteiger partial charge in [0.2, 0.25) is 0 Å². The fourth-order valence-corrected chi connectivity index (χ4v) is 3.55. The van der Waals surface area contributed by atoms with Crippen LogP contribution in [0, 0.1) is 0 Å². The normalized spacial score (nSPS) is 16.0. The minimum absolute atomic E-state index is 0.313. The van der Waals surface area contributed by atoms with Crippen molar-refractivity contribution >= 4 is 23.4 Å². The Bertz CT molecular complexity index is 1090. The molecule has 1 aromatic heterocycles. The molecule has 1 aliphatic heterocycles. The van der Waals surface area contributed by atoms with Gasteiger partial charge in [0.05, 0.1) is 23.2 Å². The summed E-state index contributed by atoms with van der Waals surface area (Å²) in [7, 11) is 3.00. The smallest absolute Gasteiger partial charge is 0.337 e. The number of ether oxygens (including phenoxy) is 1. The van der Waals surface area contributed by atoms with E-state index in [1.54, 1.807) is 52.1 Å². The number of aromatic nitrogens is 2.